The molecule has 0 atom stereocenters. The lowest BCUT2D eigenvalue weighted by molar-refractivity contribution is 0.391. The second-order valence-electron chi connectivity index (χ2n) is 2.38. The third-order valence-electron chi connectivity index (χ3n) is 1.70. The molecule has 2 heterocycles. The van der Waals surface area contributed by atoms with E-state index < -0.39 is 5.82 Å². The first-order valence-electron chi connectivity index (χ1n) is 3.48. The first-order valence-corrected chi connectivity index (χ1v) is 3.48. The topological polar surface area (TPSA) is 37.9 Å². The summed E-state index contributed by atoms with van der Waals surface area (Å²) in [5, 5.41) is 0.664. The number of rotatable bonds is 1. The molecule has 0 amide bonds. The molecule has 0 saturated heterocycles. The van der Waals surface area contributed by atoms with Crippen LogP contribution in [0.2, 0.25) is 0 Å². The lowest BCUT2D eigenvalue weighted by Crippen LogP contribution is -1.90. The molecule has 0 aliphatic rings. The van der Waals surface area contributed by atoms with Crippen LogP contribution in [0, 0.1) is 5.82 Å². The van der Waals surface area contributed by atoms with E-state index in [1.54, 1.807) is 12.3 Å². The molecule has 0 aromatic carbocycles. The molecule has 0 unspecified atom stereocenters. The summed E-state index contributed by atoms with van der Waals surface area (Å²) < 4.78 is 17.9. The molecule has 4 heteroatoms. The van der Waals surface area contributed by atoms with Gasteiger partial charge in [0.15, 0.2) is 11.6 Å². The van der Waals surface area contributed by atoms with Crippen LogP contribution in [0.5, 0.6) is 5.75 Å². The van der Waals surface area contributed by atoms with Crippen molar-refractivity contribution in [2.24, 2.45) is 0 Å². The summed E-state index contributed by atoms with van der Waals surface area (Å²) in [6.07, 6.45) is 2.83. The van der Waals surface area contributed by atoms with Crippen molar-refractivity contribution in [3.8, 4) is 5.75 Å². The number of hydrogen-bond donors (Lipinski definition) is 1. The van der Waals surface area contributed by atoms with E-state index in [1.165, 1.54) is 7.11 Å². The van der Waals surface area contributed by atoms with E-state index in [-0.39, 0.29) is 5.75 Å². The average molecular weight is 166 g/mol. The van der Waals surface area contributed by atoms with Gasteiger partial charge in [-0.3, -0.25) is 0 Å². The van der Waals surface area contributed by atoms with Gasteiger partial charge in [0.2, 0.25) is 0 Å². The van der Waals surface area contributed by atoms with Crippen LogP contribution in [0.3, 0.4) is 0 Å². The van der Waals surface area contributed by atoms with Crippen molar-refractivity contribution < 1.29 is 9.13 Å². The summed E-state index contributed by atoms with van der Waals surface area (Å²) in [4.78, 5) is 6.70. The summed E-state index contributed by atoms with van der Waals surface area (Å²) in [7, 11) is 1.44. The number of ether oxygens (including phenoxy) is 1. The third kappa shape index (κ3) is 0.845. The van der Waals surface area contributed by atoms with Crippen molar-refractivity contribution in [1.29, 1.82) is 0 Å². The van der Waals surface area contributed by atoms with Crippen molar-refractivity contribution in [3.05, 3.63) is 24.3 Å². The van der Waals surface area contributed by atoms with Crippen LogP contribution in [0.4, 0.5) is 4.39 Å². The van der Waals surface area contributed by atoms with Crippen LogP contribution >= 0.6 is 0 Å². The van der Waals surface area contributed by atoms with Gasteiger partial charge < -0.3 is 9.72 Å². The molecule has 0 bridgehead atoms. The fraction of sp³-hybridized carbons (Fsp3) is 0.125. The van der Waals surface area contributed by atoms with Crippen LogP contribution in [0.1, 0.15) is 0 Å². The predicted molar refractivity (Wildman–Crippen MR) is 42.6 cm³/mol. The van der Waals surface area contributed by atoms with Crippen molar-refractivity contribution in [2.45, 2.75) is 0 Å². The molecule has 2 rings (SSSR count). The zero-order valence-electron chi connectivity index (χ0n) is 6.47. The lowest BCUT2D eigenvalue weighted by atomic mass is 10.3. The minimum absolute atomic E-state index is 0.237. The predicted octanol–water partition coefficient (Wildman–Crippen LogP) is 1.71. The van der Waals surface area contributed by atoms with Crippen LogP contribution in [-0.4, -0.2) is 17.1 Å². The number of aromatic nitrogens is 2. The van der Waals surface area contributed by atoms with Gasteiger partial charge in [0, 0.05) is 6.20 Å². The highest BCUT2D eigenvalue weighted by Crippen LogP contribution is 2.25. The normalized spacial score (nSPS) is 10.5. The number of hydrogen-bond acceptors (Lipinski definition) is 2. The fourth-order valence-electron chi connectivity index (χ4n) is 1.17. The standard InChI is InChI=1S/C8H7FN2O/c1-12-7-5-2-3-10-8(5)11-4-6(7)9/h2-4H,1H3,(H,10,11). The Labute approximate surface area is 68.2 Å². The minimum atomic E-state index is -0.440. The Bertz CT molecular complexity index is 410. The first-order chi connectivity index (χ1) is 5.83. The molecule has 3 nitrogen and oxygen atoms in total. The summed E-state index contributed by atoms with van der Waals surface area (Å²) in [5.74, 6) is -0.203. The molecule has 12 heavy (non-hydrogen) atoms. The van der Waals surface area contributed by atoms with Crippen LogP contribution in [-0.2, 0) is 0 Å². The largest absolute Gasteiger partial charge is 0.493 e. The quantitative estimate of drug-likeness (QED) is 0.700. The summed E-state index contributed by atoms with van der Waals surface area (Å²) in [6, 6.07) is 1.73. The summed E-state index contributed by atoms with van der Waals surface area (Å²) in [5.41, 5.74) is 0.633. The zero-order chi connectivity index (χ0) is 8.55. The van der Waals surface area contributed by atoms with E-state index in [0.29, 0.717) is 11.0 Å². The Balaban J connectivity index is 2.83. The Morgan fingerprint density at radius 2 is 2.42 bits per heavy atom. The van der Waals surface area contributed by atoms with E-state index in [2.05, 4.69) is 9.97 Å². The Hall–Kier alpha value is -1.58. The Kier molecular flexibility index (Phi) is 1.46. The van der Waals surface area contributed by atoms with Gasteiger partial charge in [0.1, 0.15) is 5.65 Å². The summed E-state index contributed by atoms with van der Waals surface area (Å²) in [6.45, 7) is 0. The maximum Gasteiger partial charge on any atom is 0.184 e. The maximum absolute atomic E-state index is 13.0. The molecule has 0 radical (unpaired) electrons. The van der Waals surface area contributed by atoms with Gasteiger partial charge in [-0.25, -0.2) is 9.37 Å². The van der Waals surface area contributed by atoms with Gasteiger partial charge in [-0.15, -0.1) is 0 Å². The van der Waals surface area contributed by atoms with Crippen molar-refractivity contribution in [3.63, 3.8) is 0 Å². The van der Waals surface area contributed by atoms with E-state index in [1.807, 2.05) is 0 Å². The van der Waals surface area contributed by atoms with E-state index in [0.717, 1.165) is 6.20 Å². The fourth-order valence-corrected chi connectivity index (χ4v) is 1.17. The minimum Gasteiger partial charge on any atom is -0.493 e. The van der Waals surface area contributed by atoms with Crippen LogP contribution in [0.15, 0.2) is 18.5 Å². The Morgan fingerprint density at radius 1 is 1.58 bits per heavy atom. The number of aromatic amines is 1. The molecule has 62 valence electrons. The number of nitrogens with one attached hydrogen (secondary N) is 1. The van der Waals surface area contributed by atoms with Gasteiger partial charge >= 0.3 is 0 Å². The second-order valence-corrected chi connectivity index (χ2v) is 2.38. The SMILES string of the molecule is COc1c(F)cnc2[nH]ccc12. The molecule has 1 N–H and O–H groups in total. The van der Waals surface area contributed by atoms with Crippen molar-refractivity contribution in [2.75, 3.05) is 7.11 Å². The van der Waals surface area contributed by atoms with Crippen LogP contribution < -0.4 is 4.74 Å². The molecule has 2 aromatic heterocycles. The van der Waals surface area contributed by atoms with Gasteiger partial charge in [-0.1, -0.05) is 0 Å². The van der Waals surface area contributed by atoms with E-state index in [4.69, 9.17) is 4.74 Å². The average Bonchev–Trinajstić information content (AvgIpc) is 2.52. The van der Waals surface area contributed by atoms with Gasteiger partial charge in [0.05, 0.1) is 18.7 Å². The van der Waals surface area contributed by atoms with Crippen molar-refractivity contribution in [1.82, 2.24) is 9.97 Å². The smallest absolute Gasteiger partial charge is 0.184 e. The van der Waals surface area contributed by atoms with Gasteiger partial charge in [-0.05, 0) is 6.07 Å². The number of methoxy groups -OCH3 is 1. The molecular weight excluding hydrogens is 159 g/mol. The molecule has 0 fully saturated rings. The molecule has 0 spiro atoms. The number of pyridine rings is 1. The monoisotopic (exact) mass is 166 g/mol. The number of H-pyrrole nitrogens is 1. The van der Waals surface area contributed by atoms with Gasteiger partial charge in [-0.2, -0.15) is 0 Å². The number of fused-ring (bicyclic) bond motifs is 1. The highest BCUT2D eigenvalue weighted by Gasteiger charge is 2.08. The number of halogens is 1. The van der Waals surface area contributed by atoms with Crippen molar-refractivity contribution >= 4 is 11.0 Å². The zero-order valence-corrected chi connectivity index (χ0v) is 6.47. The maximum atomic E-state index is 13.0. The highest BCUT2D eigenvalue weighted by molar-refractivity contribution is 5.82. The Morgan fingerprint density at radius 3 is 3.17 bits per heavy atom. The third-order valence-corrected chi connectivity index (χ3v) is 1.70. The first kappa shape index (κ1) is 7.09. The second kappa shape index (κ2) is 2.48. The van der Waals surface area contributed by atoms with E-state index in [9.17, 15) is 4.39 Å². The molecule has 0 aliphatic carbocycles. The van der Waals surface area contributed by atoms with E-state index >= 15 is 0 Å². The molecular formula is C8H7FN2O. The molecule has 0 saturated carbocycles. The number of nitrogens with zero attached hydrogens (tertiary/aromatic N) is 1. The summed E-state index contributed by atoms with van der Waals surface area (Å²) >= 11 is 0. The highest BCUT2D eigenvalue weighted by atomic mass is 19.1. The van der Waals surface area contributed by atoms with Crippen LogP contribution in [0.25, 0.3) is 11.0 Å². The van der Waals surface area contributed by atoms with Gasteiger partial charge in [0.25, 0.3) is 0 Å². The molecule has 0 aliphatic heterocycles. The lowest BCUT2D eigenvalue weighted by Gasteiger charge is -2.01. The molecule has 2 aromatic rings.